The lowest BCUT2D eigenvalue weighted by Crippen LogP contribution is -2.15. The van der Waals surface area contributed by atoms with Crippen LogP contribution in [0.1, 0.15) is 5.56 Å². The molecule has 0 aliphatic rings. The van der Waals surface area contributed by atoms with Crippen LogP contribution in [0.5, 0.6) is 0 Å². The molecule has 27 heavy (non-hydrogen) atoms. The minimum Gasteiger partial charge on any atom is -0.338 e. The van der Waals surface area contributed by atoms with Crippen LogP contribution in [0.3, 0.4) is 0 Å². The van der Waals surface area contributed by atoms with Gasteiger partial charge in [-0.3, -0.25) is 4.79 Å². The fraction of sp³-hybridized carbons (Fsp3) is 0.111. The van der Waals surface area contributed by atoms with Crippen LogP contribution in [0.4, 0.5) is 10.1 Å². The molecule has 4 aromatic rings. The normalized spacial score (nSPS) is 11.2. The fourth-order valence-corrected chi connectivity index (χ4v) is 3.41. The van der Waals surface area contributed by atoms with Gasteiger partial charge in [-0.05, 0) is 42.8 Å². The largest absolute Gasteiger partial charge is 0.338 e. The van der Waals surface area contributed by atoms with Crippen molar-refractivity contribution in [2.75, 3.05) is 11.1 Å². The summed E-state index contributed by atoms with van der Waals surface area (Å²) in [5.74, 6) is -0.432. The van der Waals surface area contributed by atoms with Crippen LogP contribution in [-0.4, -0.2) is 31.8 Å². The molecule has 0 aliphatic carbocycles. The van der Waals surface area contributed by atoms with Crippen LogP contribution in [0.25, 0.3) is 22.1 Å². The lowest BCUT2D eigenvalue weighted by Gasteiger charge is -2.08. The third-order valence-corrected chi connectivity index (χ3v) is 5.28. The van der Waals surface area contributed by atoms with Crippen molar-refractivity contribution in [3.8, 4) is 0 Å². The summed E-state index contributed by atoms with van der Waals surface area (Å²) in [5, 5.41) is 12.5. The van der Waals surface area contributed by atoms with Gasteiger partial charge in [-0.15, -0.1) is 10.2 Å². The van der Waals surface area contributed by atoms with E-state index in [1.54, 1.807) is 24.3 Å². The summed E-state index contributed by atoms with van der Waals surface area (Å²) in [5.41, 5.74) is 3.19. The van der Waals surface area contributed by atoms with Gasteiger partial charge in [0.1, 0.15) is 11.3 Å². The van der Waals surface area contributed by atoms with E-state index in [4.69, 9.17) is 11.6 Å². The number of rotatable bonds is 4. The van der Waals surface area contributed by atoms with E-state index in [1.165, 1.54) is 12.1 Å². The number of nitrogens with zero attached hydrogens (tertiary/aromatic N) is 3. The Balaban J connectivity index is 1.49. The first kappa shape index (κ1) is 17.7. The minimum atomic E-state index is -0.350. The molecule has 0 radical (unpaired) electrons. The zero-order chi connectivity index (χ0) is 19.0. The Morgan fingerprint density at radius 3 is 3.00 bits per heavy atom. The van der Waals surface area contributed by atoms with Crippen LogP contribution >= 0.6 is 23.4 Å². The van der Waals surface area contributed by atoms with Crippen molar-refractivity contribution in [2.45, 2.75) is 12.1 Å². The second kappa shape index (κ2) is 7.13. The van der Waals surface area contributed by atoms with Crippen LogP contribution < -0.4 is 5.32 Å². The molecule has 0 fully saturated rings. The van der Waals surface area contributed by atoms with Crippen LogP contribution in [-0.2, 0) is 4.79 Å². The number of nitrogens with one attached hydrogen (secondary N) is 2. The Labute approximate surface area is 162 Å². The van der Waals surface area contributed by atoms with Crippen molar-refractivity contribution >= 4 is 57.0 Å². The van der Waals surface area contributed by atoms with Crippen LogP contribution in [0.15, 0.2) is 41.6 Å². The molecule has 1 amide bonds. The van der Waals surface area contributed by atoms with E-state index in [9.17, 15) is 9.18 Å². The molecule has 2 N–H and O–H groups in total. The Hall–Kier alpha value is -2.71. The zero-order valence-corrected chi connectivity index (χ0v) is 15.7. The number of aromatic amines is 1. The monoisotopic (exact) mass is 401 g/mol. The summed E-state index contributed by atoms with van der Waals surface area (Å²) in [6.07, 6.45) is 0. The van der Waals surface area contributed by atoms with Crippen LogP contribution in [0, 0.1) is 12.7 Å². The van der Waals surface area contributed by atoms with Gasteiger partial charge >= 0.3 is 0 Å². The molecule has 0 aliphatic heterocycles. The van der Waals surface area contributed by atoms with Gasteiger partial charge in [0.15, 0.2) is 5.65 Å². The van der Waals surface area contributed by atoms with Crippen molar-refractivity contribution in [1.29, 1.82) is 0 Å². The highest BCUT2D eigenvalue weighted by atomic mass is 35.5. The van der Waals surface area contributed by atoms with E-state index in [-0.39, 0.29) is 17.5 Å². The molecule has 4 rings (SSSR count). The fourth-order valence-electron chi connectivity index (χ4n) is 2.65. The molecule has 2 aromatic heterocycles. The number of fused-ring (bicyclic) bond motifs is 3. The molecule has 0 unspecified atom stereocenters. The number of carbonyl (C=O) groups excluding carboxylic acids is 1. The molecule has 9 heteroatoms. The maximum absolute atomic E-state index is 13.4. The molecule has 0 saturated carbocycles. The number of carbonyl (C=O) groups is 1. The van der Waals surface area contributed by atoms with Crippen molar-refractivity contribution in [2.24, 2.45) is 0 Å². The number of benzene rings is 2. The van der Waals surface area contributed by atoms with Gasteiger partial charge in [0.25, 0.3) is 0 Å². The van der Waals surface area contributed by atoms with Crippen molar-refractivity contribution < 1.29 is 9.18 Å². The van der Waals surface area contributed by atoms with Gasteiger partial charge in [-0.2, -0.15) is 0 Å². The lowest BCUT2D eigenvalue weighted by molar-refractivity contribution is -0.113. The molecule has 6 nitrogen and oxygen atoms in total. The molecule has 0 saturated heterocycles. The molecule has 0 atom stereocenters. The molecular weight excluding hydrogens is 389 g/mol. The number of amides is 1. The van der Waals surface area contributed by atoms with Gasteiger partial charge in [0, 0.05) is 21.6 Å². The predicted molar refractivity (Wildman–Crippen MR) is 105 cm³/mol. The first-order chi connectivity index (χ1) is 13.0. The maximum Gasteiger partial charge on any atom is 0.234 e. The van der Waals surface area contributed by atoms with Gasteiger partial charge in [0.2, 0.25) is 11.1 Å². The first-order valence-electron chi connectivity index (χ1n) is 8.00. The Morgan fingerprint density at radius 1 is 1.30 bits per heavy atom. The second-order valence-corrected chi connectivity index (χ2v) is 7.21. The maximum atomic E-state index is 13.4. The summed E-state index contributed by atoms with van der Waals surface area (Å²) in [6, 6.07) is 9.71. The van der Waals surface area contributed by atoms with Crippen LogP contribution in [0.2, 0.25) is 5.02 Å². The highest BCUT2D eigenvalue weighted by Crippen LogP contribution is 2.25. The van der Waals surface area contributed by atoms with Crippen molar-refractivity contribution in [1.82, 2.24) is 20.2 Å². The van der Waals surface area contributed by atoms with Gasteiger partial charge in [-0.1, -0.05) is 29.4 Å². The molecule has 136 valence electrons. The van der Waals surface area contributed by atoms with E-state index < -0.39 is 0 Å². The minimum absolute atomic E-state index is 0.119. The number of aromatic nitrogens is 4. The summed E-state index contributed by atoms with van der Waals surface area (Å²) in [6.45, 7) is 1.84. The highest BCUT2D eigenvalue weighted by molar-refractivity contribution is 7.99. The molecule has 2 aromatic carbocycles. The lowest BCUT2D eigenvalue weighted by atomic mass is 10.2. The van der Waals surface area contributed by atoms with Crippen molar-refractivity contribution in [3.05, 3.63) is 52.8 Å². The summed E-state index contributed by atoms with van der Waals surface area (Å²) < 4.78 is 13.4. The number of hydrogen-bond donors (Lipinski definition) is 2. The van der Waals surface area contributed by atoms with Gasteiger partial charge in [-0.25, -0.2) is 9.37 Å². The van der Waals surface area contributed by atoms with E-state index >= 15 is 0 Å². The van der Waals surface area contributed by atoms with E-state index in [2.05, 4.69) is 25.5 Å². The average Bonchev–Trinajstić information content (AvgIpc) is 3.01. The summed E-state index contributed by atoms with van der Waals surface area (Å²) in [4.78, 5) is 19.6. The van der Waals surface area contributed by atoms with E-state index in [1.807, 2.05) is 6.92 Å². The highest BCUT2D eigenvalue weighted by Gasteiger charge is 2.12. The SMILES string of the molecule is Cc1c(Cl)cccc1NC(=O)CSc1nnc2c(n1)[nH]c1ccc(F)cc12. The molecule has 0 spiro atoms. The predicted octanol–water partition coefficient (Wildman–Crippen LogP) is 4.34. The van der Waals surface area contributed by atoms with E-state index in [0.29, 0.717) is 32.4 Å². The van der Waals surface area contributed by atoms with Crippen molar-refractivity contribution in [3.63, 3.8) is 0 Å². The molecule has 2 heterocycles. The number of thioether (sulfide) groups is 1. The Bertz CT molecular complexity index is 1180. The zero-order valence-electron chi connectivity index (χ0n) is 14.1. The quantitative estimate of drug-likeness (QED) is 0.497. The number of hydrogen-bond acceptors (Lipinski definition) is 5. The molecule has 0 bridgehead atoms. The number of H-pyrrole nitrogens is 1. The third-order valence-electron chi connectivity index (χ3n) is 4.03. The smallest absolute Gasteiger partial charge is 0.234 e. The summed E-state index contributed by atoms with van der Waals surface area (Å²) in [7, 11) is 0. The number of anilines is 1. The van der Waals surface area contributed by atoms with E-state index in [0.717, 1.165) is 22.8 Å². The number of halogens is 2. The standard InChI is InChI=1S/C18H13ClFN5OS/c1-9-12(19)3-2-4-13(9)21-15(26)8-27-18-23-17-16(24-25-18)11-7-10(20)5-6-14(11)22-17/h2-7H,8H2,1H3,(H,21,26)(H,22,23,25). The van der Waals surface area contributed by atoms with Gasteiger partial charge < -0.3 is 10.3 Å². The second-order valence-electron chi connectivity index (χ2n) is 5.86. The Morgan fingerprint density at radius 2 is 2.15 bits per heavy atom. The third kappa shape index (κ3) is 3.58. The average molecular weight is 402 g/mol. The molecular formula is C18H13ClFN5OS. The van der Waals surface area contributed by atoms with Gasteiger partial charge in [0.05, 0.1) is 5.75 Å². The first-order valence-corrected chi connectivity index (χ1v) is 9.37. The topological polar surface area (TPSA) is 83.6 Å². The summed E-state index contributed by atoms with van der Waals surface area (Å²) >= 11 is 7.22. The Kier molecular flexibility index (Phi) is 4.67.